The first-order valence-corrected chi connectivity index (χ1v) is 7.22. The number of amides is 1. The maximum atomic E-state index is 12.1. The van der Waals surface area contributed by atoms with Crippen molar-refractivity contribution in [1.82, 2.24) is 5.32 Å². The number of carboxylic acids is 1. The molecule has 0 saturated heterocycles. The van der Waals surface area contributed by atoms with Gasteiger partial charge in [-0.1, -0.05) is 12.1 Å². The van der Waals surface area contributed by atoms with Crippen LogP contribution in [0.15, 0.2) is 29.2 Å². The number of hydrogen-bond donors (Lipinski definition) is 2. The number of hydrogen-bond acceptors (Lipinski definition) is 3. The van der Waals surface area contributed by atoms with Crippen molar-refractivity contribution in [2.45, 2.75) is 29.9 Å². The smallest absolute Gasteiger partial charge is 0.316 e. The maximum Gasteiger partial charge on any atom is 0.316 e. The molecular weight excluding hydrogens is 262 g/mol. The van der Waals surface area contributed by atoms with E-state index in [-0.39, 0.29) is 5.91 Å². The molecule has 0 bridgehead atoms. The largest absolute Gasteiger partial charge is 0.480 e. The summed E-state index contributed by atoms with van der Waals surface area (Å²) in [7, 11) is 0. The van der Waals surface area contributed by atoms with Crippen LogP contribution in [0.1, 0.15) is 30.1 Å². The van der Waals surface area contributed by atoms with E-state index in [0.29, 0.717) is 22.9 Å². The molecule has 5 heteroatoms. The van der Waals surface area contributed by atoms with Crippen molar-refractivity contribution < 1.29 is 14.7 Å². The van der Waals surface area contributed by atoms with Gasteiger partial charge in [0.1, 0.15) is 5.25 Å². The van der Waals surface area contributed by atoms with Crippen LogP contribution in [-0.2, 0) is 4.79 Å². The molecule has 0 heterocycles. The van der Waals surface area contributed by atoms with Crippen molar-refractivity contribution in [1.29, 1.82) is 0 Å². The van der Waals surface area contributed by atoms with E-state index < -0.39 is 11.2 Å². The third-order valence-corrected chi connectivity index (χ3v) is 4.20. The second kappa shape index (κ2) is 6.10. The van der Waals surface area contributed by atoms with Gasteiger partial charge in [-0.2, -0.15) is 0 Å². The Balaban J connectivity index is 2.05. The van der Waals surface area contributed by atoms with Crippen LogP contribution in [0.5, 0.6) is 0 Å². The Morgan fingerprint density at radius 3 is 2.74 bits per heavy atom. The summed E-state index contributed by atoms with van der Waals surface area (Å²) in [5.41, 5.74) is 0.557. The quantitative estimate of drug-likeness (QED) is 0.785. The molecule has 1 aliphatic rings. The zero-order valence-electron chi connectivity index (χ0n) is 10.8. The average Bonchev–Trinajstić information content (AvgIpc) is 3.20. The molecule has 1 aliphatic carbocycles. The minimum atomic E-state index is -0.877. The molecular formula is C14H17NO3S. The van der Waals surface area contributed by atoms with Crippen molar-refractivity contribution in [3.63, 3.8) is 0 Å². The normalized spacial score (nSPS) is 15.8. The highest BCUT2D eigenvalue weighted by molar-refractivity contribution is 8.00. The first-order valence-electron chi connectivity index (χ1n) is 6.34. The topological polar surface area (TPSA) is 66.4 Å². The lowest BCUT2D eigenvalue weighted by Crippen LogP contribution is -2.26. The fourth-order valence-electron chi connectivity index (χ4n) is 1.65. The minimum absolute atomic E-state index is 0.118. The predicted octanol–water partition coefficient (Wildman–Crippen LogP) is 2.39. The number of thioether (sulfide) groups is 1. The standard InChI is InChI=1S/C14H17NO3S/c1-9(14(17)18)19-12-5-3-2-4-11(12)13(16)15-8-10-6-7-10/h2-5,9-10H,6-8H2,1H3,(H,15,16)(H,17,18). The summed E-state index contributed by atoms with van der Waals surface area (Å²) in [6, 6.07) is 7.13. The molecule has 1 unspecified atom stereocenters. The van der Waals surface area contributed by atoms with Gasteiger partial charge < -0.3 is 10.4 Å². The molecule has 1 aromatic carbocycles. The number of rotatable bonds is 6. The van der Waals surface area contributed by atoms with Crippen LogP contribution < -0.4 is 5.32 Å². The van der Waals surface area contributed by atoms with Gasteiger partial charge >= 0.3 is 5.97 Å². The third kappa shape index (κ3) is 3.99. The molecule has 0 aliphatic heterocycles. The van der Waals surface area contributed by atoms with Crippen molar-refractivity contribution in [3.8, 4) is 0 Å². The number of carbonyl (C=O) groups excluding carboxylic acids is 1. The van der Waals surface area contributed by atoms with E-state index in [0.717, 1.165) is 0 Å². The monoisotopic (exact) mass is 279 g/mol. The molecule has 102 valence electrons. The van der Waals surface area contributed by atoms with Gasteiger partial charge in [0, 0.05) is 11.4 Å². The van der Waals surface area contributed by atoms with Gasteiger partial charge in [-0.25, -0.2) is 0 Å². The van der Waals surface area contributed by atoms with Crippen molar-refractivity contribution in [2.24, 2.45) is 5.92 Å². The zero-order chi connectivity index (χ0) is 13.8. The fourth-order valence-corrected chi connectivity index (χ4v) is 2.58. The lowest BCUT2D eigenvalue weighted by atomic mass is 10.2. The summed E-state index contributed by atoms with van der Waals surface area (Å²) in [5, 5.41) is 11.3. The number of nitrogens with one attached hydrogen (secondary N) is 1. The van der Waals surface area contributed by atoms with E-state index in [1.807, 2.05) is 6.07 Å². The molecule has 19 heavy (non-hydrogen) atoms. The van der Waals surface area contributed by atoms with E-state index in [9.17, 15) is 9.59 Å². The first-order chi connectivity index (χ1) is 9.08. The van der Waals surface area contributed by atoms with Crippen molar-refractivity contribution in [2.75, 3.05) is 6.54 Å². The van der Waals surface area contributed by atoms with Gasteiger partial charge in [-0.05, 0) is 37.8 Å². The predicted molar refractivity (Wildman–Crippen MR) is 74.5 cm³/mol. The molecule has 1 amide bonds. The molecule has 0 spiro atoms. The Morgan fingerprint density at radius 2 is 2.11 bits per heavy atom. The SMILES string of the molecule is CC(Sc1ccccc1C(=O)NCC1CC1)C(=O)O. The summed E-state index contributed by atoms with van der Waals surface area (Å²) >= 11 is 1.20. The number of benzene rings is 1. The highest BCUT2D eigenvalue weighted by Gasteiger charge is 2.23. The van der Waals surface area contributed by atoms with Gasteiger partial charge in [0.05, 0.1) is 5.56 Å². The van der Waals surface area contributed by atoms with Crippen molar-refractivity contribution >= 4 is 23.6 Å². The van der Waals surface area contributed by atoms with Crippen LogP contribution in [0.25, 0.3) is 0 Å². The van der Waals surface area contributed by atoms with Crippen LogP contribution in [0, 0.1) is 5.92 Å². The van der Waals surface area contributed by atoms with Crippen LogP contribution in [0.2, 0.25) is 0 Å². The van der Waals surface area contributed by atoms with Crippen LogP contribution in [-0.4, -0.2) is 28.8 Å². The number of carboxylic acid groups (broad SMARTS) is 1. The molecule has 1 aromatic rings. The first kappa shape index (κ1) is 13.9. The summed E-state index contributed by atoms with van der Waals surface area (Å²) in [6.45, 7) is 2.33. The maximum absolute atomic E-state index is 12.1. The molecule has 1 atom stereocenters. The Labute approximate surface area is 116 Å². The van der Waals surface area contributed by atoms with E-state index in [2.05, 4.69) is 5.32 Å². The Morgan fingerprint density at radius 1 is 1.42 bits per heavy atom. The lowest BCUT2D eigenvalue weighted by Gasteiger charge is -2.11. The van der Waals surface area contributed by atoms with Gasteiger partial charge in [-0.15, -0.1) is 11.8 Å². The molecule has 0 radical (unpaired) electrons. The highest BCUT2D eigenvalue weighted by Crippen LogP contribution is 2.29. The fraction of sp³-hybridized carbons (Fsp3) is 0.429. The average molecular weight is 279 g/mol. The van der Waals surface area contributed by atoms with Crippen LogP contribution in [0.3, 0.4) is 0 Å². The Bertz CT molecular complexity index is 485. The summed E-state index contributed by atoms with van der Waals surface area (Å²) in [5.74, 6) is -0.368. The van der Waals surface area contributed by atoms with Gasteiger partial charge in [0.15, 0.2) is 0 Å². The molecule has 2 N–H and O–H groups in total. The van der Waals surface area contributed by atoms with Gasteiger partial charge in [-0.3, -0.25) is 9.59 Å². The number of carbonyl (C=O) groups is 2. The molecule has 0 aromatic heterocycles. The molecule has 2 rings (SSSR count). The summed E-state index contributed by atoms with van der Waals surface area (Å²) in [4.78, 5) is 23.7. The van der Waals surface area contributed by atoms with Gasteiger partial charge in [0.25, 0.3) is 5.91 Å². The van der Waals surface area contributed by atoms with Gasteiger partial charge in [0.2, 0.25) is 0 Å². The van der Waals surface area contributed by atoms with E-state index >= 15 is 0 Å². The Hall–Kier alpha value is -1.49. The summed E-state index contributed by atoms with van der Waals surface area (Å²) < 4.78 is 0. The summed E-state index contributed by atoms with van der Waals surface area (Å²) in [6.07, 6.45) is 2.37. The van der Waals surface area contributed by atoms with Crippen LogP contribution >= 0.6 is 11.8 Å². The second-order valence-corrected chi connectivity index (χ2v) is 6.13. The molecule has 1 fully saturated rings. The van der Waals surface area contributed by atoms with E-state index in [4.69, 9.17) is 5.11 Å². The number of aliphatic carboxylic acids is 1. The molecule has 1 saturated carbocycles. The van der Waals surface area contributed by atoms with Crippen LogP contribution in [0.4, 0.5) is 0 Å². The zero-order valence-corrected chi connectivity index (χ0v) is 11.6. The molecule has 4 nitrogen and oxygen atoms in total. The van der Waals surface area contributed by atoms with Crippen molar-refractivity contribution in [3.05, 3.63) is 29.8 Å². The van der Waals surface area contributed by atoms with E-state index in [1.54, 1.807) is 25.1 Å². The minimum Gasteiger partial charge on any atom is -0.480 e. The lowest BCUT2D eigenvalue weighted by molar-refractivity contribution is -0.136. The third-order valence-electron chi connectivity index (χ3n) is 3.03. The van der Waals surface area contributed by atoms with E-state index in [1.165, 1.54) is 24.6 Å². The second-order valence-electron chi connectivity index (χ2n) is 4.75. The Kier molecular flexibility index (Phi) is 4.47. The highest BCUT2D eigenvalue weighted by atomic mass is 32.2.